The second kappa shape index (κ2) is 6.81. The van der Waals surface area contributed by atoms with Crippen LogP contribution in [0.4, 0.5) is 0 Å². The molecule has 1 amide bonds. The number of amides is 1. The molecule has 2 N–H and O–H groups in total. The molecule has 1 saturated heterocycles. The summed E-state index contributed by atoms with van der Waals surface area (Å²) >= 11 is 4.91. The Morgan fingerprint density at radius 1 is 1.20 bits per heavy atom. The van der Waals surface area contributed by atoms with E-state index in [1.165, 1.54) is 5.56 Å². The monoisotopic (exact) mass is 291 g/mol. The standard InChI is InChI=1S/C15H21N3OS/c1-2-12-3-5-13(6-4-12)15(19)18-9-7-17(8-10-18)11-14(16)20/h3-6H,2,7-11H2,1H3,(H2,16,20). The summed E-state index contributed by atoms with van der Waals surface area (Å²) in [5, 5.41) is 0. The first-order valence-electron chi connectivity index (χ1n) is 6.99. The number of piperazine rings is 1. The van der Waals surface area contributed by atoms with E-state index in [2.05, 4.69) is 11.8 Å². The Kier molecular flexibility index (Phi) is 5.09. The number of hydrogen-bond acceptors (Lipinski definition) is 3. The molecular weight excluding hydrogens is 270 g/mol. The molecule has 0 aromatic heterocycles. The van der Waals surface area contributed by atoms with Gasteiger partial charge in [-0.15, -0.1) is 0 Å². The lowest BCUT2D eigenvalue weighted by Gasteiger charge is -2.34. The van der Waals surface area contributed by atoms with E-state index in [4.69, 9.17) is 18.0 Å². The van der Waals surface area contributed by atoms with E-state index in [1.807, 2.05) is 29.2 Å². The maximum Gasteiger partial charge on any atom is 0.253 e. The number of carbonyl (C=O) groups excluding carboxylic acids is 1. The fraction of sp³-hybridized carbons (Fsp3) is 0.467. The van der Waals surface area contributed by atoms with E-state index in [0.29, 0.717) is 11.5 Å². The fourth-order valence-corrected chi connectivity index (χ4v) is 2.58. The normalized spacial score (nSPS) is 16.1. The van der Waals surface area contributed by atoms with Crippen molar-refractivity contribution in [3.8, 4) is 0 Å². The minimum atomic E-state index is 0.114. The maximum absolute atomic E-state index is 12.4. The van der Waals surface area contributed by atoms with Gasteiger partial charge in [0, 0.05) is 38.3 Å². The van der Waals surface area contributed by atoms with Gasteiger partial charge in [-0.2, -0.15) is 0 Å². The van der Waals surface area contributed by atoms with Crippen LogP contribution in [0.5, 0.6) is 0 Å². The summed E-state index contributed by atoms with van der Waals surface area (Å²) in [5.41, 5.74) is 7.57. The molecule has 0 unspecified atom stereocenters. The molecule has 20 heavy (non-hydrogen) atoms. The summed E-state index contributed by atoms with van der Waals surface area (Å²) in [5.74, 6) is 0.114. The van der Waals surface area contributed by atoms with Gasteiger partial charge in [-0.1, -0.05) is 31.3 Å². The zero-order chi connectivity index (χ0) is 14.5. The molecule has 0 spiro atoms. The molecule has 0 saturated carbocycles. The van der Waals surface area contributed by atoms with E-state index in [9.17, 15) is 4.79 Å². The van der Waals surface area contributed by atoms with Crippen LogP contribution in [0.25, 0.3) is 0 Å². The summed E-state index contributed by atoms with van der Waals surface area (Å²) in [6, 6.07) is 7.89. The first-order chi connectivity index (χ1) is 9.60. The first kappa shape index (κ1) is 14.9. The van der Waals surface area contributed by atoms with Crippen molar-refractivity contribution < 1.29 is 4.79 Å². The molecule has 4 nitrogen and oxygen atoms in total. The first-order valence-corrected chi connectivity index (χ1v) is 7.40. The predicted molar refractivity (Wildman–Crippen MR) is 84.9 cm³/mol. The molecule has 1 aromatic carbocycles. The van der Waals surface area contributed by atoms with Crippen molar-refractivity contribution in [2.45, 2.75) is 13.3 Å². The number of thiocarbonyl (C=S) groups is 1. The highest BCUT2D eigenvalue weighted by molar-refractivity contribution is 7.80. The quantitative estimate of drug-likeness (QED) is 0.849. The van der Waals surface area contributed by atoms with Crippen LogP contribution in [-0.2, 0) is 6.42 Å². The molecule has 5 heteroatoms. The van der Waals surface area contributed by atoms with Gasteiger partial charge in [0.15, 0.2) is 0 Å². The van der Waals surface area contributed by atoms with Crippen LogP contribution in [0.1, 0.15) is 22.8 Å². The molecule has 1 fully saturated rings. The number of rotatable bonds is 4. The van der Waals surface area contributed by atoms with Crippen LogP contribution < -0.4 is 5.73 Å². The largest absolute Gasteiger partial charge is 0.392 e. The van der Waals surface area contributed by atoms with Crippen molar-refractivity contribution in [3.05, 3.63) is 35.4 Å². The Labute approximate surface area is 125 Å². The number of benzene rings is 1. The highest BCUT2D eigenvalue weighted by Crippen LogP contribution is 2.10. The van der Waals surface area contributed by atoms with Crippen LogP contribution >= 0.6 is 12.2 Å². The summed E-state index contributed by atoms with van der Waals surface area (Å²) in [7, 11) is 0. The number of nitrogens with zero attached hydrogens (tertiary/aromatic N) is 2. The van der Waals surface area contributed by atoms with Crippen molar-refractivity contribution in [2.24, 2.45) is 5.73 Å². The Hall–Kier alpha value is -1.46. The highest BCUT2D eigenvalue weighted by Gasteiger charge is 2.22. The molecule has 1 heterocycles. The number of carbonyl (C=O) groups is 1. The van der Waals surface area contributed by atoms with Crippen molar-refractivity contribution in [1.29, 1.82) is 0 Å². The molecule has 0 atom stereocenters. The minimum Gasteiger partial charge on any atom is -0.392 e. The Morgan fingerprint density at radius 3 is 2.30 bits per heavy atom. The molecule has 0 bridgehead atoms. The average molecular weight is 291 g/mol. The molecule has 0 radical (unpaired) electrons. The Bertz CT molecular complexity index is 478. The van der Waals surface area contributed by atoms with Crippen LogP contribution in [0.15, 0.2) is 24.3 Å². The second-order valence-corrected chi connectivity index (χ2v) is 5.61. The summed E-state index contributed by atoms with van der Waals surface area (Å²) in [6.07, 6.45) is 0.992. The smallest absolute Gasteiger partial charge is 0.253 e. The van der Waals surface area contributed by atoms with Crippen LogP contribution in [0.3, 0.4) is 0 Å². The summed E-state index contributed by atoms with van der Waals surface area (Å²) in [4.78, 5) is 17.0. The van der Waals surface area contributed by atoms with E-state index >= 15 is 0 Å². The Morgan fingerprint density at radius 2 is 1.80 bits per heavy atom. The molecule has 1 aliphatic heterocycles. The molecule has 1 aromatic rings. The van der Waals surface area contributed by atoms with E-state index < -0.39 is 0 Å². The third-order valence-electron chi connectivity index (χ3n) is 3.65. The third kappa shape index (κ3) is 3.77. The fourth-order valence-electron chi connectivity index (χ4n) is 2.40. The topological polar surface area (TPSA) is 49.6 Å². The second-order valence-electron chi connectivity index (χ2n) is 5.09. The van der Waals surface area contributed by atoms with Gasteiger partial charge in [0.1, 0.15) is 0 Å². The molecule has 108 valence electrons. The zero-order valence-electron chi connectivity index (χ0n) is 11.8. The number of hydrogen-bond donors (Lipinski definition) is 1. The van der Waals surface area contributed by atoms with E-state index in [1.54, 1.807) is 0 Å². The van der Waals surface area contributed by atoms with Crippen LogP contribution in [0, 0.1) is 0 Å². The van der Waals surface area contributed by atoms with E-state index in [0.717, 1.165) is 38.2 Å². The molecule has 2 rings (SSSR count). The van der Waals surface area contributed by atoms with Crippen molar-refractivity contribution in [3.63, 3.8) is 0 Å². The SMILES string of the molecule is CCc1ccc(C(=O)N2CCN(CC(N)=S)CC2)cc1. The lowest BCUT2D eigenvalue weighted by atomic mass is 10.1. The Balaban J connectivity index is 1.92. The van der Waals surface area contributed by atoms with Gasteiger partial charge < -0.3 is 10.6 Å². The van der Waals surface area contributed by atoms with Gasteiger partial charge in [-0.3, -0.25) is 9.69 Å². The minimum absolute atomic E-state index is 0.114. The molecule has 0 aliphatic carbocycles. The average Bonchev–Trinajstić information content (AvgIpc) is 2.47. The van der Waals surface area contributed by atoms with Gasteiger partial charge in [-0.05, 0) is 24.1 Å². The highest BCUT2D eigenvalue weighted by atomic mass is 32.1. The molecule has 1 aliphatic rings. The van der Waals surface area contributed by atoms with Gasteiger partial charge in [-0.25, -0.2) is 0 Å². The van der Waals surface area contributed by atoms with Gasteiger partial charge in [0.25, 0.3) is 5.91 Å². The van der Waals surface area contributed by atoms with Crippen LogP contribution in [0.2, 0.25) is 0 Å². The van der Waals surface area contributed by atoms with E-state index in [-0.39, 0.29) is 5.91 Å². The van der Waals surface area contributed by atoms with Crippen molar-refractivity contribution >= 4 is 23.1 Å². The zero-order valence-corrected chi connectivity index (χ0v) is 12.7. The lowest BCUT2D eigenvalue weighted by molar-refractivity contribution is 0.0654. The van der Waals surface area contributed by atoms with Gasteiger partial charge >= 0.3 is 0 Å². The molecular formula is C15H21N3OS. The summed E-state index contributed by atoms with van der Waals surface area (Å²) in [6.45, 7) is 5.88. The predicted octanol–water partition coefficient (Wildman–Crippen LogP) is 1.29. The van der Waals surface area contributed by atoms with Gasteiger partial charge in [0.05, 0.1) is 4.99 Å². The number of aryl methyl sites for hydroxylation is 1. The summed E-state index contributed by atoms with van der Waals surface area (Å²) < 4.78 is 0. The number of nitrogens with two attached hydrogens (primary N) is 1. The van der Waals surface area contributed by atoms with Crippen LogP contribution in [-0.4, -0.2) is 53.4 Å². The van der Waals surface area contributed by atoms with Crippen molar-refractivity contribution in [1.82, 2.24) is 9.80 Å². The maximum atomic E-state index is 12.4. The van der Waals surface area contributed by atoms with Gasteiger partial charge in [0.2, 0.25) is 0 Å². The lowest BCUT2D eigenvalue weighted by Crippen LogP contribution is -2.50. The third-order valence-corrected chi connectivity index (χ3v) is 3.78. The van der Waals surface area contributed by atoms with Crippen molar-refractivity contribution in [2.75, 3.05) is 32.7 Å².